The minimum atomic E-state index is -0.209. The summed E-state index contributed by atoms with van der Waals surface area (Å²) < 4.78 is 0. The molecule has 39 heavy (non-hydrogen) atoms. The van der Waals surface area contributed by atoms with Crippen LogP contribution in [0.1, 0.15) is 55.0 Å². The molecular formula is C30H29ClN8. The first-order valence-electron chi connectivity index (χ1n) is 13.2. The summed E-state index contributed by atoms with van der Waals surface area (Å²) in [5.74, 6) is 0. The number of aromatic nitrogens is 2. The molecule has 196 valence electrons. The minimum Gasteiger partial charge on any atom is -0.377 e. The molecule has 4 aromatic rings. The van der Waals surface area contributed by atoms with Gasteiger partial charge in [-0.05, 0) is 48.6 Å². The summed E-state index contributed by atoms with van der Waals surface area (Å²) in [6.45, 7) is 2.12. The van der Waals surface area contributed by atoms with E-state index in [-0.39, 0.29) is 12.1 Å². The van der Waals surface area contributed by atoms with Crippen LogP contribution in [0.3, 0.4) is 0 Å². The Morgan fingerprint density at radius 2 is 1.92 bits per heavy atom. The van der Waals surface area contributed by atoms with Crippen molar-refractivity contribution in [1.82, 2.24) is 25.9 Å². The van der Waals surface area contributed by atoms with E-state index in [0.717, 1.165) is 40.0 Å². The SMILES string of the molecule is CC[C@@H](Nc1c(C#N)cnc2c(Cl)cc(N[C@@H](C3=CN(C4CC4)NN3)c3cccnc3)cc12)c1ccccc1. The molecule has 0 unspecified atom stereocenters. The first kappa shape index (κ1) is 25.0. The summed E-state index contributed by atoms with van der Waals surface area (Å²) in [6.07, 6.45) is 10.5. The maximum atomic E-state index is 9.97. The smallest absolute Gasteiger partial charge is 0.103 e. The van der Waals surface area contributed by atoms with E-state index in [1.807, 2.05) is 48.7 Å². The van der Waals surface area contributed by atoms with Gasteiger partial charge >= 0.3 is 0 Å². The molecule has 0 bridgehead atoms. The monoisotopic (exact) mass is 536 g/mol. The van der Waals surface area contributed by atoms with E-state index >= 15 is 0 Å². The van der Waals surface area contributed by atoms with Crippen LogP contribution in [0, 0.1) is 11.3 Å². The number of anilines is 2. The average Bonchev–Trinajstić information content (AvgIpc) is 3.72. The molecule has 0 amide bonds. The lowest BCUT2D eigenvalue weighted by Gasteiger charge is -2.23. The standard InChI is InChI=1S/C30H29ClN8/c1-2-26(19-7-4-3-5-8-19)36-28-21(15-32)17-34-30-24(28)13-22(14-25(30)31)35-29(20-9-6-12-33-16-20)27-18-39(38-37-27)23-10-11-23/h3-9,12-14,16-18,23,26,29,35,37-38H,2,10-11H2,1H3,(H,34,36)/t26-,29-/m1/s1. The Morgan fingerprint density at radius 3 is 2.64 bits per heavy atom. The molecule has 0 radical (unpaired) electrons. The largest absolute Gasteiger partial charge is 0.377 e. The van der Waals surface area contributed by atoms with Gasteiger partial charge in [0.15, 0.2) is 0 Å². The second-order valence-corrected chi connectivity index (χ2v) is 10.3. The van der Waals surface area contributed by atoms with Crippen molar-refractivity contribution in [2.75, 3.05) is 10.6 Å². The van der Waals surface area contributed by atoms with Gasteiger partial charge in [0.1, 0.15) is 6.07 Å². The number of rotatable bonds is 9. The number of benzene rings is 2. The van der Waals surface area contributed by atoms with Crippen molar-refractivity contribution < 1.29 is 0 Å². The van der Waals surface area contributed by atoms with E-state index in [1.54, 1.807) is 12.4 Å². The Kier molecular flexibility index (Phi) is 6.93. The van der Waals surface area contributed by atoms with Gasteiger partial charge in [0.2, 0.25) is 0 Å². The summed E-state index contributed by atoms with van der Waals surface area (Å²) in [5, 5.41) is 20.7. The van der Waals surface area contributed by atoms with E-state index in [0.29, 0.717) is 22.1 Å². The molecule has 2 aliphatic rings. The van der Waals surface area contributed by atoms with Crippen molar-refractivity contribution in [2.45, 2.75) is 44.3 Å². The number of pyridine rings is 2. The number of nitrogens with zero attached hydrogens (tertiary/aromatic N) is 4. The normalized spacial score (nSPS) is 16.2. The highest BCUT2D eigenvalue weighted by Crippen LogP contribution is 2.38. The number of hydrogen-bond donors (Lipinski definition) is 4. The van der Waals surface area contributed by atoms with E-state index in [2.05, 4.69) is 67.9 Å². The topological polar surface area (TPSA) is 101 Å². The van der Waals surface area contributed by atoms with E-state index in [9.17, 15) is 5.26 Å². The van der Waals surface area contributed by atoms with Crippen molar-refractivity contribution in [3.8, 4) is 6.07 Å². The van der Waals surface area contributed by atoms with Crippen molar-refractivity contribution >= 4 is 33.9 Å². The lowest BCUT2D eigenvalue weighted by molar-refractivity contribution is 0.260. The maximum absolute atomic E-state index is 9.97. The molecule has 1 aliphatic heterocycles. The van der Waals surface area contributed by atoms with Crippen LogP contribution in [-0.2, 0) is 0 Å². The zero-order valence-electron chi connectivity index (χ0n) is 21.5. The van der Waals surface area contributed by atoms with Gasteiger partial charge in [-0.25, -0.2) is 0 Å². The lowest BCUT2D eigenvalue weighted by Crippen LogP contribution is -2.38. The van der Waals surface area contributed by atoms with Gasteiger partial charge in [-0.1, -0.05) is 54.9 Å². The first-order valence-corrected chi connectivity index (χ1v) is 13.5. The highest BCUT2D eigenvalue weighted by molar-refractivity contribution is 6.35. The third-order valence-electron chi connectivity index (χ3n) is 7.16. The molecule has 4 N–H and O–H groups in total. The third-order valence-corrected chi connectivity index (χ3v) is 7.45. The summed E-state index contributed by atoms with van der Waals surface area (Å²) >= 11 is 6.80. The zero-order chi connectivity index (χ0) is 26.8. The Labute approximate surface area is 232 Å². The summed E-state index contributed by atoms with van der Waals surface area (Å²) in [6, 6.07) is 20.8. The summed E-state index contributed by atoms with van der Waals surface area (Å²) in [4.78, 5) is 8.89. The van der Waals surface area contributed by atoms with Crippen molar-refractivity contribution in [3.05, 3.63) is 107 Å². The fourth-order valence-corrected chi connectivity index (χ4v) is 5.23. The number of fused-ring (bicyclic) bond motifs is 1. The van der Waals surface area contributed by atoms with Crippen LogP contribution in [0.25, 0.3) is 10.9 Å². The lowest BCUT2D eigenvalue weighted by atomic mass is 10.0. The third kappa shape index (κ3) is 5.19. The quantitative estimate of drug-likeness (QED) is 0.200. The van der Waals surface area contributed by atoms with Gasteiger partial charge in [0.05, 0.1) is 39.6 Å². The second kappa shape index (κ2) is 10.8. The van der Waals surface area contributed by atoms with Crippen LogP contribution in [0.4, 0.5) is 11.4 Å². The fourth-order valence-electron chi connectivity index (χ4n) is 4.96. The molecule has 1 aliphatic carbocycles. The van der Waals surface area contributed by atoms with Crippen LogP contribution in [-0.4, -0.2) is 21.0 Å². The highest BCUT2D eigenvalue weighted by atomic mass is 35.5. The van der Waals surface area contributed by atoms with Crippen LogP contribution in [0.2, 0.25) is 5.02 Å². The molecule has 6 rings (SSSR count). The molecule has 3 heterocycles. The average molecular weight is 537 g/mol. The Balaban J connectivity index is 1.40. The molecule has 9 heteroatoms. The van der Waals surface area contributed by atoms with E-state index in [1.165, 1.54) is 12.8 Å². The molecule has 1 saturated carbocycles. The first-order chi connectivity index (χ1) is 19.1. The number of halogens is 1. The minimum absolute atomic E-state index is 0.0229. The van der Waals surface area contributed by atoms with Crippen molar-refractivity contribution in [1.29, 1.82) is 5.26 Å². The van der Waals surface area contributed by atoms with Crippen LogP contribution < -0.4 is 21.6 Å². The Bertz CT molecular complexity index is 1550. The number of hydrogen-bond acceptors (Lipinski definition) is 8. The van der Waals surface area contributed by atoms with Gasteiger partial charge in [0.25, 0.3) is 0 Å². The molecule has 0 spiro atoms. The van der Waals surface area contributed by atoms with Gasteiger partial charge in [0, 0.05) is 41.9 Å². The Hall–Kier alpha value is -4.32. The maximum Gasteiger partial charge on any atom is 0.103 e. The molecule has 8 nitrogen and oxygen atoms in total. The number of nitriles is 1. The molecule has 2 aromatic heterocycles. The van der Waals surface area contributed by atoms with E-state index < -0.39 is 0 Å². The van der Waals surface area contributed by atoms with Gasteiger partial charge in [-0.3, -0.25) is 15.0 Å². The predicted molar refractivity (Wildman–Crippen MR) is 154 cm³/mol. The summed E-state index contributed by atoms with van der Waals surface area (Å²) in [7, 11) is 0. The van der Waals surface area contributed by atoms with Crippen molar-refractivity contribution in [2.24, 2.45) is 0 Å². The molecule has 0 saturated heterocycles. The van der Waals surface area contributed by atoms with Gasteiger partial charge in [-0.2, -0.15) is 5.26 Å². The zero-order valence-corrected chi connectivity index (χ0v) is 22.3. The molecular weight excluding hydrogens is 508 g/mol. The van der Waals surface area contributed by atoms with Crippen LogP contribution in [0.15, 0.2) is 85.1 Å². The number of hydrazine groups is 2. The van der Waals surface area contributed by atoms with Crippen molar-refractivity contribution in [3.63, 3.8) is 0 Å². The second-order valence-electron chi connectivity index (χ2n) is 9.85. The highest BCUT2D eigenvalue weighted by Gasteiger charge is 2.32. The number of nitrogens with one attached hydrogen (secondary N) is 4. The molecule has 2 aromatic carbocycles. The summed E-state index contributed by atoms with van der Waals surface area (Å²) in [5.41, 5.74) is 12.4. The van der Waals surface area contributed by atoms with Crippen LogP contribution >= 0.6 is 11.6 Å². The predicted octanol–water partition coefficient (Wildman–Crippen LogP) is 6.20. The molecule has 1 fully saturated rings. The fraction of sp³-hybridized carbons (Fsp3) is 0.233. The Morgan fingerprint density at radius 1 is 1.10 bits per heavy atom. The van der Waals surface area contributed by atoms with Gasteiger partial charge < -0.3 is 16.1 Å². The van der Waals surface area contributed by atoms with Gasteiger partial charge in [-0.15, -0.1) is 5.53 Å². The molecule has 2 atom stereocenters. The van der Waals surface area contributed by atoms with Crippen LogP contribution in [0.5, 0.6) is 0 Å². The van der Waals surface area contributed by atoms with E-state index in [4.69, 9.17) is 11.6 Å².